The van der Waals surface area contributed by atoms with E-state index in [2.05, 4.69) is 10.6 Å². The Kier molecular flexibility index (Phi) is 6.27. The van der Waals surface area contributed by atoms with Gasteiger partial charge in [0.2, 0.25) is 0 Å². The third kappa shape index (κ3) is 4.37. The van der Waals surface area contributed by atoms with E-state index >= 15 is 0 Å². The number of benzene rings is 2. The number of fused-ring (bicyclic) bond motifs is 1. The van der Waals surface area contributed by atoms with Crippen molar-refractivity contribution >= 4 is 23.6 Å². The minimum absolute atomic E-state index is 0.501. The normalized spacial score (nSPS) is 14.1. The van der Waals surface area contributed by atoms with Crippen LogP contribution in [0.5, 0.6) is 5.75 Å². The van der Waals surface area contributed by atoms with Crippen LogP contribution in [0, 0.1) is 13.8 Å². The van der Waals surface area contributed by atoms with Crippen LogP contribution in [-0.2, 0) is 9.53 Å². The predicted molar refractivity (Wildman–Crippen MR) is 121 cm³/mol. The van der Waals surface area contributed by atoms with Crippen molar-refractivity contribution in [1.82, 2.24) is 0 Å². The van der Waals surface area contributed by atoms with Gasteiger partial charge in [-0.25, -0.2) is 4.79 Å². The van der Waals surface area contributed by atoms with Crippen LogP contribution >= 0.6 is 0 Å². The van der Waals surface area contributed by atoms with Crippen LogP contribution in [-0.4, -0.2) is 43.2 Å². The Morgan fingerprint density at radius 2 is 2.00 bits per heavy atom. The Hall–Kier alpha value is -3.06. The summed E-state index contributed by atoms with van der Waals surface area (Å²) in [5.74, 6) is -0.340. The number of carbonyl (C=O) groups is 2. The Morgan fingerprint density at radius 3 is 2.58 bits per heavy atom. The summed E-state index contributed by atoms with van der Waals surface area (Å²) in [5, 5.41) is 16.5. The topological polar surface area (TPSA) is 96.9 Å². The summed E-state index contributed by atoms with van der Waals surface area (Å²) in [6.45, 7) is 10.4. The fourth-order valence-electron chi connectivity index (χ4n) is 4.10. The second-order valence-electron chi connectivity index (χ2n) is 8.63. The minimum Gasteiger partial charge on any atom is -0.490 e. The summed E-state index contributed by atoms with van der Waals surface area (Å²) >= 11 is 0. The van der Waals surface area contributed by atoms with E-state index in [0.717, 1.165) is 23.3 Å². The fourth-order valence-corrected chi connectivity index (χ4v) is 4.10. The van der Waals surface area contributed by atoms with Crippen LogP contribution in [0.25, 0.3) is 11.1 Å². The van der Waals surface area contributed by atoms with Crippen molar-refractivity contribution in [3.8, 4) is 16.9 Å². The lowest BCUT2D eigenvalue weighted by Crippen LogP contribution is -2.29. The highest BCUT2D eigenvalue weighted by Crippen LogP contribution is 2.44. The van der Waals surface area contributed by atoms with Gasteiger partial charge in [0.25, 0.3) is 0 Å². The van der Waals surface area contributed by atoms with Crippen molar-refractivity contribution in [3.63, 3.8) is 0 Å². The first-order chi connectivity index (χ1) is 14.6. The maximum Gasteiger partial charge on any atom is 0.337 e. The molecule has 1 unspecified atom stereocenters. The van der Waals surface area contributed by atoms with Gasteiger partial charge in [0.15, 0.2) is 12.4 Å². The highest BCUT2D eigenvalue weighted by molar-refractivity contribution is 5.96. The lowest BCUT2D eigenvalue weighted by Gasteiger charge is -2.30. The molecule has 0 aliphatic carbocycles. The molecule has 0 saturated carbocycles. The SMILES string of the molecule is CNc1c(C)c(C(OC(C)(C)C)C(=O)O)c(-c2ccc3c(c2)NCCO3)c(C)c1C=O. The first-order valence-electron chi connectivity index (χ1n) is 10.3. The van der Waals surface area contributed by atoms with E-state index in [1.54, 1.807) is 7.05 Å². The summed E-state index contributed by atoms with van der Waals surface area (Å²) in [6.07, 6.45) is -0.400. The molecule has 2 aromatic carbocycles. The zero-order chi connectivity index (χ0) is 22.9. The molecule has 0 saturated heterocycles. The number of aliphatic carboxylic acids is 1. The Bertz CT molecular complexity index is 1020. The first kappa shape index (κ1) is 22.6. The van der Waals surface area contributed by atoms with Crippen molar-refractivity contribution in [2.45, 2.75) is 46.3 Å². The van der Waals surface area contributed by atoms with Gasteiger partial charge in [-0.05, 0) is 69.0 Å². The standard InChI is InChI=1S/C24H30N2O5/c1-13-16(12-27)21(25-6)14(2)20(22(23(28)29)31-24(3,4)5)19(13)15-7-8-18-17(11-15)26-9-10-30-18/h7-8,11-12,22,25-26H,9-10H2,1-6H3,(H,28,29). The van der Waals surface area contributed by atoms with E-state index in [-0.39, 0.29) is 0 Å². The molecule has 1 aliphatic heterocycles. The number of hydrogen-bond acceptors (Lipinski definition) is 6. The second kappa shape index (κ2) is 8.59. The average Bonchev–Trinajstić information content (AvgIpc) is 2.71. The number of carboxylic acid groups (broad SMARTS) is 1. The summed E-state index contributed by atoms with van der Waals surface area (Å²) in [6, 6.07) is 5.69. The highest BCUT2D eigenvalue weighted by Gasteiger charge is 2.33. The van der Waals surface area contributed by atoms with Crippen molar-refractivity contribution in [2.75, 3.05) is 30.8 Å². The molecule has 7 heteroatoms. The molecule has 0 amide bonds. The molecular formula is C24H30N2O5. The van der Waals surface area contributed by atoms with Crippen LogP contribution in [0.4, 0.5) is 11.4 Å². The zero-order valence-corrected chi connectivity index (χ0v) is 18.9. The molecule has 1 heterocycles. The second-order valence-corrected chi connectivity index (χ2v) is 8.63. The molecule has 0 fully saturated rings. The Balaban J connectivity index is 2.37. The van der Waals surface area contributed by atoms with Gasteiger partial charge in [-0.1, -0.05) is 6.07 Å². The van der Waals surface area contributed by atoms with Crippen LogP contribution < -0.4 is 15.4 Å². The molecular weight excluding hydrogens is 396 g/mol. The lowest BCUT2D eigenvalue weighted by molar-refractivity contribution is -0.160. The van der Waals surface area contributed by atoms with E-state index in [1.165, 1.54) is 0 Å². The monoisotopic (exact) mass is 426 g/mol. The van der Waals surface area contributed by atoms with Gasteiger partial charge < -0.3 is 25.2 Å². The summed E-state index contributed by atoms with van der Waals surface area (Å²) < 4.78 is 11.7. The largest absolute Gasteiger partial charge is 0.490 e. The number of anilines is 2. The summed E-state index contributed by atoms with van der Waals surface area (Å²) in [7, 11) is 1.72. The van der Waals surface area contributed by atoms with Crippen LogP contribution in [0.2, 0.25) is 0 Å². The van der Waals surface area contributed by atoms with Crippen LogP contribution in [0.3, 0.4) is 0 Å². The van der Waals surface area contributed by atoms with E-state index in [9.17, 15) is 14.7 Å². The predicted octanol–water partition coefficient (Wildman–Crippen LogP) is 4.57. The molecule has 3 N–H and O–H groups in total. The van der Waals surface area contributed by atoms with Crippen molar-refractivity contribution < 1.29 is 24.2 Å². The van der Waals surface area contributed by atoms with Crippen LogP contribution in [0.15, 0.2) is 18.2 Å². The fraction of sp³-hybridized carbons (Fsp3) is 0.417. The van der Waals surface area contributed by atoms with Crippen molar-refractivity contribution in [2.24, 2.45) is 0 Å². The van der Waals surface area contributed by atoms with E-state index in [0.29, 0.717) is 46.7 Å². The smallest absolute Gasteiger partial charge is 0.337 e. The molecule has 0 aromatic heterocycles. The molecule has 2 aromatic rings. The maximum absolute atomic E-state index is 12.4. The molecule has 3 rings (SSSR count). The number of carboxylic acids is 1. The lowest BCUT2D eigenvalue weighted by atomic mass is 9.84. The Labute approximate surface area is 182 Å². The molecule has 0 spiro atoms. The number of carbonyl (C=O) groups excluding carboxylic acids is 1. The molecule has 1 atom stereocenters. The average molecular weight is 427 g/mol. The molecule has 7 nitrogen and oxygen atoms in total. The van der Waals surface area contributed by atoms with Crippen molar-refractivity contribution in [3.05, 3.63) is 40.5 Å². The number of ether oxygens (including phenoxy) is 2. The third-order valence-corrected chi connectivity index (χ3v) is 5.37. The number of hydrogen-bond donors (Lipinski definition) is 3. The minimum atomic E-state index is -1.21. The molecule has 166 valence electrons. The van der Waals surface area contributed by atoms with E-state index in [1.807, 2.05) is 52.8 Å². The molecule has 0 radical (unpaired) electrons. The van der Waals surface area contributed by atoms with Crippen molar-refractivity contribution in [1.29, 1.82) is 0 Å². The van der Waals surface area contributed by atoms with E-state index in [4.69, 9.17) is 9.47 Å². The highest BCUT2D eigenvalue weighted by atomic mass is 16.5. The number of nitrogens with one attached hydrogen (secondary N) is 2. The maximum atomic E-state index is 12.4. The van der Waals surface area contributed by atoms with Gasteiger partial charge in [0.1, 0.15) is 12.4 Å². The zero-order valence-electron chi connectivity index (χ0n) is 18.9. The van der Waals surface area contributed by atoms with Crippen LogP contribution in [0.1, 0.15) is 53.9 Å². The van der Waals surface area contributed by atoms with Gasteiger partial charge >= 0.3 is 5.97 Å². The molecule has 31 heavy (non-hydrogen) atoms. The van der Waals surface area contributed by atoms with Gasteiger partial charge in [0.05, 0.1) is 11.3 Å². The van der Waals surface area contributed by atoms with Gasteiger partial charge in [-0.15, -0.1) is 0 Å². The summed E-state index contributed by atoms with van der Waals surface area (Å²) in [4.78, 5) is 24.4. The van der Waals surface area contributed by atoms with Gasteiger partial charge in [0, 0.05) is 30.4 Å². The number of rotatable bonds is 6. The first-order valence-corrected chi connectivity index (χ1v) is 10.3. The summed E-state index contributed by atoms with van der Waals surface area (Å²) in [5.41, 5.74) is 4.63. The molecule has 1 aliphatic rings. The molecule has 0 bridgehead atoms. The Morgan fingerprint density at radius 1 is 1.29 bits per heavy atom. The number of aldehydes is 1. The quantitative estimate of drug-likeness (QED) is 0.582. The van der Waals surface area contributed by atoms with Gasteiger partial charge in [-0.2, -0.15) is 0 Å². The van der Waals surface area contributed by atoms with Gasteiger partial charge in [-0.3, -0.25) is 4.79 Å². The van der Waals surface area contributed by atoms with E-state index < -0.39 is 17.7 Å². The third-order valence-electron chi connectivity index (χ3n) is 5.37.